The fourth-order valence-electron chi connectivity index (χ4n) is 1.18. The first-order valence-electron chi connectivity index (χ1n) is 4.19. The lowest BCUT2D eigenvalue weighted by molar-refractivity contribution is -0.385. The van der Waals surface area contributed by atoms with Crippen molar-refractivity contribution in [3.8, 4) is 0 Å². The molecule has 0 radical (unpaired) electrons. The van der Waals surface area contributed by atoms with Crippen LogP contribution in [0.5, 0.6) is 0 Å². The van der Waals surface area contributed by atoms with Crippen LogP contribution < -0.4 is 5.73 Å². The second kappa shape index (κ2) is 4.15. The molecule has 0 bridgehead atoms. The molecule has 5 heteroatoms. The monoisotopic (exact) mass is 198 g/mol. The Morgan fingerprint density at radius 1 is 1.64 bits per heavy atom. The summed E-state index contributed by atoms with van der Waals surface area (Å²) in [6.45, 7) is 1.72. The summed E-state index contributed by atoms with van der Waals surface area (Å²) in [5.41, 5.74) is 5.66. The zero-order chi connectivity index (χ0) is 10.7. The molecule has 14 heavy (non-hydrogen) atoms. The molecule has 0 aliphatic rings. The largest absolute Gasteiger partial charge is 0.328 e. The van der Waals surface area contributed by atoms with E-state index >= 15 is 0 Å². The minimum Gasteiger partial charge on any atom is -0.328 e. The Morgan fingerprint density at radius 3 is 2.79 bits per heavy atom. The van der Waals surface area contributed by atoms with Gasteiger partial charge in [-0.15, -0.1) is 0 Å². The highest BCUT2D eigenvalue weighted by Gasteiger charge is 2.11. The smallest absolute Gasteiger partial charge is 0.269 e. The normalized spacial score (nSPS) is 12.5. The van der Waals surface area contributed by atoms with Gasteiger partial charge in [0.05, 0.1) is 4.92 Å². The lowest BCUT2D eigenvalue weighted by Crippen LogP contribution is -2.18. The van der Waals surface area contributed by atoms with E-state index < -0.39 is 10.7 Å². The van der Waals surface area contributed by atoms with Crippen molar-refractivity contribution in [2.75, 3.05) is 0 Å². The van der Waals surface area contributed by atoms with Crippen molar-refractivity contribution in [2.24, 2.45) is 5.73 Å². The van der Waals surface area contributed by atoms with Gasteiger partial charge in [0.15, 0.2) is 0 Å². The first-order valence-corrected chi connectivity index (χ1v) is 4.19. The summed E-state index contributed by atoms with van der Waals surface area (Å²) in [7, 11) is 0. The Balaban J connectivity index is 3.02. The Kier molecular flexibility index (Phi) is 3.14. The van der Waals surface area contributed by atoms with Gasteiger partial charge in [-0.25, -0.2) is 4.39 Å². The number of hydrogen-bond acceptors (Lipinski definition) is 3. The molecule has 0 saturated carbocycles. The molecular formula is C9H11FN2O2. The summed E-state index contributed by atoms with van der Waals surface area (Å²) in [5.74, 6) is -0.451. The average molecular weight is 198 g/mol. The van der Waals surface area contributed by atoms with Gasteiger partial charge in [-0.05, 0) is 25.0 Å². The maximum atomic E-state index is 13.1. The molecule has 0 heterocycles. The fourth-order valence-corrected chi connectivity index (χ4v) is 1.18. The van der Waals surface area contributed by atoms with Crippen LogP contribution in [0, 0.1) is 15.9 Å². The summed E-state index contributed by atoms with van der Waals surface area (Å²) in [6, 6.07) is 3.24. The Labute approximate surface area is 80.7 Å². The summed E-state index contributed by atoms with van der Waals surface area (Å²) in [6.07, 6.45) is 0.299. The highest BCUT2D eigenvalue weighted by molar-refractivity contribution is 5.35. The summed E-state index contributed by atoms with van der Waals surface area (Å²) < 4.78 is 13.1. The van der Waals surface area contributed by atoms with Crippen molar-refractivity contribution in [1.82, 2.24) is 0 Å². The van der Waals surface area contributed by atoms with E-state index in [-0.39, 0.29) is 17.3 Å². The van der Waals surface area contributed by atoms with Crippen LogP contribution in [0.3, 0.4) is 0 Å². The average Bonchev–Trinajstić information content (AvgIpc) is 2.07. The van der Waals surface area contributed by atoms with E-state index in [0.717, 1.165) is 12.1 Å². The van der Waals surface area contributed by atoms with Gasteiger partial charge in [0, 0.05) is 18.2 Å². The van der Waals surface area contributed by atoms with E-state index in [1.165, 1.54) is 6.07 Å². The predicted molar refractivity (Wildman–Crippen MR) is 50.4 cm³/mol. The van der Waals surface area contributed by atoms with Crippen molar-refractivity contribution in [3.63, 3.8) is 0 Å². The number of benzene rings is 1. The lowest BCUT2D eigenvalue weighted by Gasteiger charge is -2.05. The van der Waals surface area contributed by atoms with Crippen molar-refractivity contribution in [2.45, 2.75) is 19.4 Å². The Hall–Kier alpha value is -1.49. The van der Waals surface area contributed by atoms with Crippen LogP contribution in [-0.4, -0.2) is 11.0 Å². The number of nitro groups is 1. The molecule has 1 rings (SSSR count). The van der Waals surface area contributed by atoms with E-state index in [4.69, 9.17) is 5.73 Å². The number of nitrogens with two attached hydrogens (primary N) is 1. The number of halogens is 1. The highest BCUT2D eigenvalue weighted by Crippen LogP contribution is 2.17. The molecule has 0 aromatic heterocycles. The molecule has 0 aliphatic carbocycles. The van der Waals surface area contributed by atoms with Crippen LogP contribution in [0.2, 0.25) is 0 Å². The van der Waals surface area contributed by atoms with Gasteiger partial charge in [-0.3, -0.25) is 10.1 Å². The standard InChI is InChI=1S/C9H11FN2O2/c1-6(11)4-7-5-8(12(13)14)2-3-9(7)10/h2-3,5-6H,4,11H2,1H3/t6-/m0/s1. The molecule has 0 saturated heterocycles. The molecule has 0 amide bonds. The molecule has 0 unspecified atom stereocenters. The van der Waals surface area contributed by atoms with Crippen molar-refractivity contribution in [1.29, 1.82) is 0 Å². The van der Waals surface area contributed by atoms with Crippen LogP contribution in [0.15, 0.2) is 18.2 Å². The van der Waals surface area contributed by atoms with Gasteiger partial charge in [0.2, 0.25) is 0 Å². The number of rotatable bonds is 3. The molecular weight excluding hydrogens is 187 g/mol. The molecule has 76 valence electrons. The molecule has 1 aromatic rings. The third kappa shape index (κ3) is 2.50. The molecule has 4 nitrogen and oxygen atoms in total. The van der Waals surface area contributed by atoms with Crippen LogP contribution in [0.1, 0.15) is 12.5 Å². The van der Waals surface area contributed by atoms with E-state index in [0.29, 0.717) is 6.42 Å². The number of non-ortho nitro benzene ring substituents is 1. The zero-order valence-electron chi connectivity index (χ0n) is 7.74. The van der Waals surface area contributed by atoms with Crippen molar-refractivity contribution >= 4 is 5.69 Å². The summed E-state index contributed by atoms with van der Waals surface area (Å²) >= 11 is 0. The third-order valence-corrected chi connectivity index (χ3v) is 1.78. The van der Waals surface area contributed by atoms with Crippen LogP contribution >= 0.6 is 0 Å². The zero-order valence-corrected chi connectivity index (χ0v) is 7.74. The number of hydrogen-bond donors (Lipinski definition) is 1. The topological polar surface area (TPSA) is 69.2 Å². The maximum absolute atomic E-state index is 13.1. The van der Waals surface area contributed by atoms with Gasteiger partial charge >= 0.3 is 0 Å². The van der Waals surface area contributed by atoms with Crippen molar-refractivity contribution < 1.29 is 9.31 Å². The second-order valence-electron chi connectivity index (χ2n) is 3.21. The highest BCUT2D eigenvalue weighted by atomic mass is 19.1. The second-order valence-corrected chi connectivity index (χ2v) is 3.21. The molecule has 0 aliphatic heterocycles. The van der Waals surface area contributed by atoms with E-state index in [9.17, 15) is 14.5 Å². The Morgan fingerprint density at radius 2 is 2.29 bits per heavy atom. The molecule has 1 atom stereocenters. The van der Waals surface area contributed by atoms with E-state index in [1.54, 1.807) is 6.92 Å². The van der Waals surface area contributed by atoms with E-state index in [1.807, 2.05) is 0 Å². The van der Waals surface area contributed by atoms with Gasteiger partial charge < -0.3 is 5.73 Å². The lowest BCUT2D eigenvalue weighted by atomic mass is 10.1. The summed E-state index contributed by atoms with van der Waals surface area (Å²) in [4.78, 5) is 9.85. The first-order chi connectivity index (χ1) is 6.50. The van der Waals surface area contributed by atoms with Gasteiger partial charge in [0.1, 0.15) is 5.82 Å². The van der Waals surface area contributed by atoms with Gasteiger partial charge in [-0.1, -0.05) is 0 Å². The van der Waals surface area contributed by atoms with E-state index in [2.05, 4.69) is 0 Å². The minimum absolute atomic E-state index is 0.109. The molecule has 0 spiro atoms. The van der Waals surface area contributed by atoms with Gasteiger partial charge in [-0.2, -0.15) is 0 Å². The molecule has 0 fully saturated rings. The maximum Gasteiger partial charge on any atom is 0.269 e. The fraction of sp³-hybridized carbons (Fsp3) is 0.333. The van der Waals surface area contributed by atoms with Crippen LogP contribution in [-0.2, 0) is 6.42 Å². The van der Waals surface area contributed by atoms with Gasteiger partial charge in [0.25, 0.3) is 5.69 Å². The number of nitrogens with zero attached hydrogens (tertiary/aromatic N) is 1. The van der Waals surface area contributed by atoms with Crippen LogP contribution in [0.4, 0.5) is 10.1 Å². The third-order valence-electron chi connectivity index (χ3n) is 1.78. The number of nitro benzene ring substituents is 1. The molecule has 2 N–H and O–H groups in total. The quantitative estimate of drug-likeness (QED) is 0.592. The van der Waals surface area contributed by atoms with Crippen LogP contribution in [0.25, 0.3) is 0 Å². The first kappa shape index (κ1) is 10.6. The Bertz CT molecular complexity index is 353. The van der Waals surface area contributed by atoms with Crippen molar-refractivity contribution in [3.05, 3.63) is 39.7 Å². The summed E-state index contributed by atoms with van der Waals surface area (Å²) in [5, 5.41) is 10.4. The minimum atomic E-state index is -0.551. The predicted octanol–water partition coefficient (Wildman–Crippen LogP) is 1.62. The molecule has 1 aromatic carbocycles. The SMILES string of the molecule is C[C@H](N)Cc1cc([N+](=O)[O-])ccc1F.